The number of piperidine rings is 1. The summed E-state index contributed by atoms with van der Waals surface area (Å²) >= 11 is 0. The molecule has 0 amide bonds. The molecular weight excluding hydrogens is 252 g/mol. The third kappa shape index (κ3) is 4.89. The molecule has 1 aromatic rings. The summed E-state index contributed by atoms with van der Waals surface area (Å²) in [5.41, 5.74) is 1.32. The van der Waals surface area contributed by atoms with Crippen molar-refractivity contribution in [3.05, 3.63) is 18.0 Å². The first kappa shape index (κ1) is 15.5. The van der Waals surface area contributed by atoms with Crippen molar-refractivity contribution >= 4 is 0 Å². The number of nitrogens with one attached hydrogen (secondary N) is 1. The van der Waals surface area contributed by atoms with Crippen LogP contribution >= 0.6 is 0 Å². The Labute approximate surface area is 122 Å². The minimum Gasteiger partial charge on any atom is -0.383 e. The van der Waals surface area contributed by atoms with Gasteiger partial charge in [-0.25, -0.2) is 0 Å². The lowest BCUT2D eigenvalue weighted by Crippen LogP contribution is -2.41. The van der Waals surface area contributed by atoms with Gasteiger partial charge in [0.25, 0.3) is 0 Å². The quantitative estimate of drug-likeness (QED) is 0.719. The molecule has 1 saturated heterocycles. The maximum absolute atomic E-state index is 5.06. The average Bonchev–Trinajstić information content (AvgIpc) is 2.87. The molecule has 1 fully saturated rings. The van der Waals surface area contributed by atoms with Crippen molar-refractivity contribution in [2.45, 2.75) is 19.3 Å². The molecule has 114 valence electrons. The van der Waals surface area contributed by atoms with E-state index < -0.39 is 0 Å². The number of likely N-dealkylation sites (tertiary alicyclic amines) is 1. The van der Waals surface area contributed by atoms with Gasteiger partial charge in [-0.2, -0.15) is 5.10 Å². The Morgan fingerprint density at radius 1 is 1.50 bits per heavy atom. The lowest BCUT2D eigenvalue weighted by atomic mass is 9.98. The minimum atomic E-state index is 0.784. The number of methoxy groups -OCH3 is 1. The van der Waals surface area contributed by atoms with Crippen molar-refractivity contribution in [2.24, 2.45) is 13.0 Å². The van der Waals surface area contributed by atoms with Gasteiger partial charge >= 0.3 is 0 Å². The zero-order valence-corrected chi connectivity index (χ0v) is 12.8. The standard InChI is InChI=1S/C15H28N4O/c1-18-15(5-7-17-18)6-10-19-9-3-4-14(13-19)12-16-8-11-20-2/h5,7,14,16H,3-4,6,8-13H2,1-2H3. The molecule has 1 aromatic heterocycles. The highest BCUT2D eigenvalue weighted by Crippen LogP contribution is 2.16. The summed E-state index contributed by atoms with van der Waals surface area (Å²) in [6.07, 6.45) is 5.65. The van der Waals surface area contributed by atoms with Gasteiger partial charge in [0.05, 0.1) is 6.61 Å². The largest absolute Gasteiger partial charge is 0.383 e. The number of hydrogen-bond donors (Lipinski definition) is 1. The third-order valence-electron chi connectivity index (χ3n) is 4.13. The number of hydrogen-bond acceptors (Lipinski definition) is 4. The first-order valence-corrected chi connectivity index (χ1v) is 7.68. The maximum Gasteiger partial charge on any atom is 0.0587 e. The van der Waals surface area contributed by atoms with Crippen LogP contribution in [-0.4, -0.2) is 61.1 Å². The van der Waals surface area contributed by atoms with Gasteiger partial charge in [-0.1, -0.05) is 0 Å². The Bertz CT molecular complexity index is 380. The van der Waals surface area contributed by atoms with E-state index in [0.29, 0.717) is 0 Å². The van der Waals surface area contributed by atoms with Crippen LogP contribution in [0.15, 0.2) is 12.3 Å². The van der Waals surface area contributed by atoms with Gasteiger partial charge in [0.1, 0.15) is 0 Å². The number of nitrogens with zero attached hydrogens (tertiary/aromatic N) is 3. The van der Waals surface area contributed by atoms with Crippen LogP contribution in [0.1, 0.15) is 18.5 Å². The molecule has 1 aliphatic rings. The highest BCUT2D eigenvalue weighted by atomic mass is 16.5. The van der Waals surface area contributed by atoms with Crippen LogP contribution in [0, 0.1) is 5.92 Å². The lowest BCUT2D eigenvalue weighted by Gasteiger charge is -2.32. The highest BCUT2D eigenvalue weighted by molar-refractivity contribution is 5.00. The first-order valence-electron chi connectivity index (χ1n) is 7.68. The Morgan fingerprint density at radius 2 is 2.40 bits per heavy atom. The van der Waals surface area contributed by atoms with E-state index in [-0.39, 0.29) is 0 Å². The van der Waals surface area contributed by atoms with Crippen LogP contribution in [0.5, 0.6) is 0 Å². The van der Waals surface area contributed by atoms with Crippen molar-refractivity contribution < 1.29 is 4.74 Å². The summed E-state index contributed by atoms with van der Waals surface area (Å²) in [5.74, 6) is 0.784. The zero-order chi connectivity index (χ0) is 14.2. The van der Waals surface area contributed by atoms with Gasteiger partial charge in [-0.3, -0.25) is 4.68 Å². The van der Waals surface area contributed by atoms with E-state index in [1.807, 2.05) is 17.9 Å². The fraction of sp³-hybridized carbons (Fsp3) is 0.800. The van der Waals surface area contributed by atoms with E-state index in [2.05, 4.69) is 21.4 Å². The second-order valence-corrected chi connectivity index (χ2v) is 5.70. The van der Waals surface area contributed by atoms with Crippen LogP contribution < -0.4 is 5.32 Å². The summed E-state index contributed by atoms with van der Waals surface area (Å²) in [5, 5.41) is 7.72. The molecular formula is C15H28N4O. The number of ether oxygens (including phenoxy) is 1. The summed E-state index contributed by atoms with van der Waals surface area (Å²) in [6, 6.07) is 2.12. The minimum absolute atomic E-state index is 0.784. The molecule has 1 N–H and O–H groups in total. The topological polar surface area (TPSA) is 42.3 Å². The Kier molecular flexibility index (Phi) is 6.50. The summed E-state index contributed by atoms with van der Waals surface area (Å²) < 4.78 is 7.04. The van der Waals surface area contributed by atoms with Crippen molar-refractivity contribution in [1.29, 1.82) is 0 Å². The third-order valence-corrected chi connectivity index (χ3v) is 4.13. The van der Waals surface area contributed by atoms with Gasteiger partial charge in [-0.15, -0.1) is 0 Å². The fourth-order valence-corrected chi connectivity index (χ4v) is 2.92. The molecule has 20 heavy (non-hydrogen) atoms. The molecule has 1 atom stereocenters. The van der Waals surface area contributed by atoms with Crippen molar-refractivity contribution in [1.82, 2.24) is 20.0 Å². The van der Waals surface area contributed by atoms with Gasteiger partial charge in [0.15, 0.2) is 0 Å². The molecule has 0 saturated carbocycles. The van der Waals surface area contributed by atoms with E-state index in [1.165, 1.54) is 31.6 Å². The highest BCUT2D eigenvalue weighted by Gasteiger charge is 2.19. The van der Waals surface area contributed by atoms with Gasteiger partial charge < -0.3 is 15.0 Å². The molecule has 0 bridgehead atoms. The Balaban J connectivity index is 1.66. The van der Waals surface area contributed by atoms with Crippen LogP contribution in [0.3, 0.4) is 0 Å². The lowest BCUT2D eigenvalue weighted by molar-refractivity contribution is 0.165. The van der Waals surface area contributed by atoms with Gasteiger partial charge in [0.2, 0.25) is 0 Å². The number of aromatic nitrogens is 2. The van der Waals surface area contributed by atoms with Crippen LogP contribution in [0.2, 0.25) is 0 Å². The SMILES string of the molecule is COCCNCC1CCCN(CCc2ccnn2C)C1. The first-order chi connectivity index (χ1) is 9.79. The number of rotatable bonds is 8. The van der Waals surface area contributed by atoms with Crippen LogP contribution in [0.25, 0.3) is 0 Å². The molecule has 1 unspecified atom stereocenters. The van der Waals surface area contributed by atoms with Crippen molar-refractivity contribution in [2.75, 3.05) is 46.4 Å². The van der Waals surface area contributed by atoms with Crippen LogP contribution in [-0.2, 0) is 18.2 Å². The van der Waals surface area contributed by atoms with Crippen molar-refractivity contribution in [3.63, 3.8) is 0 Å². The summed E-state index contributed by atoms with van der Waals surface area (Å²) in [6.45, 7) is 6.49. The predicted molar refractivity (Wildman–Crippen MR) is 80.8 cm³/mol. The van der Waals surface area contributed by atoms with Crippen LogP contribution in [0.4, 0.5) is 0 Å². The molecule has 1 aliphatic heterocycles. The van der Waals surface area contributed by atoms with E-state index in [0.717, 1.165) is 38.6 Å². The molecule has 2 rings (SSSR count). The molecule has 0 aromatic carbocycles. The van der Waals surface area contributed by atoms with Gasteiger partial charge in [-0.05, 0) is 37.9 Å². The number of aryl methyl sites for hydroxylation is 1. The predicted octanol–water partition coefficient (Wildman–Crippen LogP) is 0.911. The Morgan fingerprint density at radius 3 is 3.15 bits per heavy atom. The second kappa shape index (κ2) is 8.39. The monoisotopic (exact) mass is 280 g/mol. The molecule has 0 spiro atoms. The van der Waals surface area contributed by atoms with E-state index in [1.54, 1.807) is 7.11 Å². The molecule has 2 heterocycles. The normalized spacial score (nSPS) is 20.4. The average molecular weight is 280 g/mol. The van der Waals surface area contributed by atoms with Gasteiger partial charge in [0, 0.05) is 52.1 Å². The van der Waals surface area contributed by atoms with E-state index in [4.69, 9.17) is 4.74 Å². The molecule has 5 heteroatoms. The summed E-state index contributed by atoms with van der Waals surface area (Å²) in [4.78, 5) is 2.60. The smallest absolute Gasteiger partial charge is 0.0587 e. The second-order valence-electron chi connectivity index (χ2n) is 5.70. The molecule has 0 aliphatic carbocycles. The van der Waals surface area contributed by atoms with E-state index in [9.17, 15) is 0 Å². The molecule has 5 nitrogen and oxygen atoms in total. The fourth-order valence-electron chi connectivity index (χ4n) is 2.92. The Hall–Kier alpha value is -0.910. The maximum atomic E-state index is 5.06. The van der Waals surface area contributed by atoms with Crippen molar-refractivity contribution in [3.8, 4) is 0 Å². The molecule has 0 radical (unpaired) electrons. The zero-order valence-electron chi connectivity index (χ0n) is 12.8. The van der Waals surface area contributed by atoms with E-state index >= 15 is 0 Å². The summed E-state index contributed by atoms with van der Waals surface area (Å²) in [7, 11) is 3.77.